The molecule has 0 unspecified atom stereocenters. The molecule has 7 rings (SSSR count). The summed E-state index contributed by atoms with van der Waals surface area (Å²) in [5.74, 6) is 0. The summed E-state index contributed by atoms with van der Waals surface area (Å²) in [6, 6.07) is 30.4. The van der Waals surface area contributed by atoms with Crippen LogP contribution in [-0.2, 0) is 38.5 Å². The molecule has 0 atom stereocenters. The van der Waals surface area contributed by atoms with Gasteiger partial charge in [-0.1, -0.05) is 0 Å². The van der Waals surface area contributed by atoms with Gasteiger partial charge in [0.15, 0.2) is 0 Å². The van der Waals surface area contributed by atoms with Crippen LogP contribution in [0.3, 0.4) is 0 Å². The topological polar surface area (TPSA) is 0 Å². The molecule has 0 N–H and O–H groups in total. The number of halogens is 2. The van der Waals surface area contributed by atoms with Crippen LogP contribution < -0.4 is 28.1 Å². The zero-order chi connectivity index (χ0) is 32.1. The molecule has 0 aromatic heterocycles. The standard InChI is InChI=1S/C33H33.C7H12.C5H5.2ClH.Zr/c1-32(2,3)30-20-26-24(18-28(30)22-13-9-7-10-14-22)17-25-19-29(23-15-11-8-12-16-23)31(21-27(25)26)33(4,5)6;1-2-4-6-7-5-3-1;1-2-4-5-3-1;;;/h7-16,18,20-21H,17H2,1-6H3;1-6H2;1-3H,4H2;2*1H;/q;;;;;+2/p-2. The zero-order valence-electron chi connectivity index (χ0n) is 29.7. The zero-order valence-corrected chi connectivity index (χ0v) is 33.6. The van der Waals surface area contributed by atoms with Crippen LogP contribution in [0.25, 0.3) is 33.4 Å². The maximum absolute atomic E-state index is 2.64. The molecule has 0 aliphatic heterocycles. The third kappa shape index (κ3) is 7.13. The maximum Gasteiger partial charge on any atom is -1.00 e. The van der Waals surface area contributed by atoms with Crippen molar-refractivity contribution in [2.75, 3.05) is 0 Å². The normalized spacial score (nSPS) is 15.4. The SMILES string of the molecule is CC(C)(C)c1cc2c(cc1-c1ccccc1)Cc1c-2cc(C(C)(C)C)c(-c2ccccc2)[c]1[Zr+2]([C]1=CC=CC1)=[C]1CCCCCC1.[Cl-].[Cl-]. The van der Waals surface area contributed by atoms with Gasteiger partial charge >= 0.3 is 287 Å². The Labute approximate surface area is 310 Å². The van der Waals surface area contributed by atoms with Gasteiger partial charge in [-0.3, -0.25) is 0 Å². The van der Waals surface area contributed by atoms with E-state index in [1.807, 2.05) is 3.21 Å². The van der Waals surface area contributed by atoms with Crippen LogP contribution in [0.15, 0.2) is 100 Å². The number of allylic oxidation sites excluding steroid dienone is 4. The Morgan fingerprint density at radius 1 is 0.604 bits per heavy atom. The summed E-state index contributed by atoms with van der Waals surface area (Å²) in [5, 5.41) is 0. The van der Waals surface area contributed by atoms with E-state index in [9.17, 15) is 0 Å². The summed E-state index contributed by atoms with van der Waals surface area (Å²) in [7, 11) is 0. The van der Waals surface area contributed by atoms with Crippen LogP contribution in [0.2, 0.25) is 0 Å². The molecule has 248 valence electrons. The third-order valence-corrected chi connectivity index (χ3v) is 18.5. The molecule has 0 heterocycles. The Morgan fingerprint density at radius 2 is 1.19 bits per heavy atom. The predicted molar refractivity (Wildman–Crippen MR) is 197 cm³/mol. The van der Waals surface area contributed by atoms with E-state index < -0.39 is 21.3 Å². The van der Waals surface area contributed by atoms with Gasteiger partial charge in [-0.05, 0) is 0 Å². The first-order valence-corrected chi connectivity index (χ1v) is 21.4. The van der Waals surface area contributed by atoms with Crippen molar-refractivity contribution in [2.24, 2.45) is 0 Å². The van der Waals surface area contributed by atoms with Crippen molar-refractivity contribution in [2.45, 2.75) is 104 Å². The minimum absolute atomic E-state index is 0. The second-order valence-corrected chi connectivity index (χ2v) is 22.3. The Hall–Kier alpha value is -2.31. The van der Waals surface area contributed by atoms with Crippen molar-refractivity contribution in [1.29, 1.82) is 0 Å². The number of fused-ring (bicyclic) bond motifs is 3. The molecule has 4 aromatic carbocycles. The fourth-order valence-corrected chi connectivity index (χ4v) is 17.1. The molecule has 3 heteroatoms. The van der Waals surface area contributed by atoms with E-state index in [1.54, 1.807) is 17.7 Å². The largest absolute Gasteiger partial charge is 1.00 e. The molecule has 4 aromatic rings. The van der Waals surface area contributed by atoms with Crippen molar-refractivity contribution in [3.63, 3.8) is 0 Å². The Kier molecular flexibility index (Phi) is 11.5. The van der Waals surface area contributed by atoms with Gasteiger partial charge < -0.3 is 24.8 Å². The number of benzene rings is 4. The van der Waals surface area contributed by atoms with E-state index in [2.05, 4.69) is 139 Å². The van der Waals surface area contributed by atoms with Crippen LogP contribution in [0.4, 0.5) is 0 Å². The van der Waals surface area contributed by atoms with E-state index in [1.165, 1.54) is 83.0 Å². The third-order valence-electron chi connectivity index (χ3n) is 10.5. The summed E-state index contributed by atoms with van der Waals surface area (Å²) >= 11 is -2.48. The van der Waals surface area contributed by atoms with Crippen LogP contribution in [0.5, 0.6) is 0 Å². The minimum Gasteiger partial charge on any atom is -1.00 e. The maximum atomic E-state index is 2.64. The average molecular weight is 753 g/mol. The molecule has 1 fully saturated rings. The average Bonchev–Trinajstić information content (AvgIpc) is 3.61. The van der Waals surface area contributed by atoms with Gasteiger partial charge in [-0.2, -0.15) is 0 Å². The summed E-state index contributed by atoms with van der Waals surface area (Å²) in [6.07, 6.45) is 17.8. The van der Waals surface area contributed by atoms with Crippen molar-refractivity contribution in [1.82, 2.24) is 0 Å². The molecular formula is C45H50Cl2Zr. The van der Waals surface area contributed by atoms with Crippen LogP contribution in [-0.4, -0.2) is 3.21 Å². The van der Waals surface area contributed by atoms with Crippen molar-refractivity contribution >= 4 is 6.48 Å². The fraction of sp³-hybridized carbons (Fsp3) is 0.356. The number of rotatable bonds is 4. The predicted octanol–water partition coefficient (Wildman–Crippen LogP) is 5.81. The number of hydrogen-bond donors (Lipinski definition) is 0. The van der Waals surface area contributed by atoms with Crippen molar-refractivity contribution < 1.29 is 46.1 Å². The summed E-state index contributed by atoms with van der Waals surface area (Å²) < 4.78 is 5.57. The van der Waals surface area contributed by atoms with Gasteiger partial charge in [-0.25, -0.2) is 0 Å². The van der Waals surface area contributed by atoms with Gasteiger partial charge in [-0.15, -0.1) is 0 Å². The van der Waals surface area contributed by atoms with Crippen LogP contribution in [0, 0.1) is 0 Å². The van der Waals surface area contributed by atoms with Crippen molar-refractivity contribution in [3.05, 3.63) is 123 Å². The monoisotopic (exact) mass is 750 g/mol. The molecule has 3 aliphatic carbocycles. The molecule has 0 radical (unpaired) electrons. The molecular weight excluding hydrogens is 703 g/mol. The summed E-state index contributed by atoms with van der Waals surface area (Å²) in [4.78, 5) is 0. The molecule has 3 aliphatic rings. The van der Waals surface area contributed by atoms with Gasteiger partial charge in [0, 0.05) is 0 Å². The van der Waals surface area contributed by atoms with Crippen LogP contribution >= 0.6 is 0 Å². The van der Waals surface area contributed by atoms with Gasteiger partial charge in [0.25, 0.3) is 0 Å². The first-order valence-electron chi connectivity index (χ1n) is 17.7. The smallest absolute Gasteiger partial charge is 1.00 e. The summed E-state index contributed by atoms with van der Waals surface area (Å²) in [6.45, 7) is 14.5. The van der Waals surface area contributed by atoms with E-state index in [4.69, 9.17) is 0 Å². The van der Waals surface area contributed by atoms with E-state index >= 15 is 0 Å². The molecule has 0 amide bonds. The molecule has 0 spiro atoms. The second-order valence-electron chi connectivity index (χ2n) is 15.9. The second kappa shape index (κ2) is 14.9. The Balaban J connectivity index is 0.00000225. The van der Waals surface area contributed by atoms with Crippen molar-refractivity contribution in [3.8, 4) is 33.4 Å². The number of hydrogen-bond acceptors (Lipinski definition) is 0. The van der Waals surface area contributed by atoms with Crippen LogP contribution in [0.1, 0.15) is 109 Å². The Morgan fingerprint density at radius 3 is 1.75 bits per heavy atom. The van der Waals surface area contributed by atoms with E-state index in [0.717, 1.165) is 12.8 Å². The van der Waals surface area contributed by atoms with Gasteiger partial charge in [0.1, 0.15) is 0 Å². The molecule has 1 saturated carbocycles. The molecule has 0 bridgehead atoms. The molecule has 48 heavy (non-hydrogen) atoms. The van der Waals surface area contributed by atoms with E-state index in [-0.39, 0.29) is 35.6 Å². The van der Waals surface area contributed by atoms with Gasteiger partial charge in [0.2, 0.25) is 0 Å². The van der Waals surface area contributed by atoms with Gasteiger partial charge in [0.05, 0.1) is 0 Å². The summed E-state index contributed by atoms with van der Waals surface area (Å²) in [5.41, 5.74) is 15.0. The minimum atomic E-state index is -2.48. The quantitative estimate of drug-likeness (QED) is 0.204. The first-order chi connectivity index (χ1) is 22.1. The molecule has 0 nitrogen and oxygen atoms in total. The Bertz CT molecular complexity index is 1870. The fourth-order valence-electron chi connectivity index (χ4n) is 8.23. The first kappa shape index (κ1) is 37.0. The van der Waals surface area contributed by atoms with E-state index in [0.29, 0.717) is 0 Å². The molecule has 0 saturated heterocycles.